The molecule has 21 heavy (non-hydrogen) atoms. The van der Waals surface area contributed by atoms with Gasteiger partial charge in [-0.05, 0) is 31.9 Å². The molecular formula is C16H24NO4+. The number of quaternary nitrogens is 1. The van der Waals surface area contributed by atoms with Crippen molar-refractivity contribution in [2.24, 2.45) is 5.92 Å². The van der Waals surface area contributed by atoms with Gasteiger partial charge >= 0.3 is 5.97 Å². The standard InChI is InChI=1S/C16H23NO4/c1-3-21-16(19)13-7-5-9-17(11-13)10-12-6-4-8-14(20-2)15(12)18/h4,6,8,13,18H,3,5,7,9-11H2,1-2H3/p+1/t13-/m0/s1. The predicted molar refractivity (Wildman–Crippen MR) is 78.4 cm³/mol. The van der Waals surface area contributed by atoms with Crippen LogP contribution in [0, 0.1) is 5.92 Å². The molecule has 1 aromatic carbocycles. The molecule has 1 heterocycles. The first-order valence-corrected chi connectivity index (χ1v) is 7.50. The van der Waals surface area contributed by atoms with Gasteiger partial charge in [-0.15, -0.1) is 0 Å². The van der Waals surface area contributed by atoms with E-state index in [1.165, 1.54) is 4.90 Å². The second-order valence-electron chi connectivity index (χ2n) is 5.44. The topological polar surface area (TPSA) is 60.2 Å². The first-order chi connectivity index (χ1) is 10.2. The van der Waals surface area contributed by atoms with Crippen molar-refractivity contribution in [2.45, 2.75) is 26.3 Å². The van der Waals surface area contributed by atoms with Gasteiger partial charge in [0.2, 0.25) is 0 Å². The fourth-order valence-electron chi connectivity index (χ4n) is 2.92. The Kier molecular flexibility index (Phi) is 5.44. The number of likely N-dealkylation sites (tertiary alicyclic amines) is 1. The summed E-state index contributed by atoms with van der Waals surface area (Å²) in [4.78, 5) is 13.2. The molecule has 116 valence electrons. The zero-order valence-electron chi connectivity index (χ0n) is 12.7. The maximum atomic E-state index is 11.9. The van der Waals surface area contributed by atoms with Crippen LogP contribution in [0.3, 0.4) is 0 Å². The molecule has 1 aromatic rings. The lowest BCUT2D eigenvalue weighted by molar-refractivity contribution is -0.921. The number of para-hydroxylation sites is 1. The fourth-order valence-corrected chi connectivity index (χ4v) is 2.92. The number of piperidine rings is 1. The SMILES string of the molecule is CCOC(=O)[C@H]1CCC[NH+](Cc2cccc(OC)c2O)C1. The van der Waals surface area contributed by atoms with Crippen molar-refractivity contribution in [1.82, 2.24) is 0 Å². The number of carbonyl (C=O) groups excluding carboxylic acids is 1. The Hall–Kier alpha value is -1.75. The van der Waals surface area contributed by atoms with Crippen LogP contribution < -0.4 is 9.64 Å². The molecule has 0 aromatic heterocycles. The summed E-state index contributed by atoms with van der Waals surface area (Å²) in [5, 5.41) is 10.1. The second-order valence-corrected chi connectivity index (χ2v) is 5.44. The van der Waals surface area contributed by atoms with Crippen molar-refractivity contribution in [3.8, 4) is 11.5 Å². The van der Waals surface area contributed by atoms with Gasteiger partial charge in [-0.25, -0.2) is 0 Å². The van der Waals surface area contributed by atoms with Crippen molar-refractivity contribution in [3.05, 3.63) is 23.8 Å². The molecule has 0 radical (unpaired) electrons. The van der Waals surface area contributed by atoms with Crippen LogP contribution in [0.5, 0.6) is 11.5 Å². The predicted octanol–water partition coefficient (Wildman–Crippen LogP) is 0.759. The number of esters is 1. The molecule has 0 bridgehead atoms. The Balaban J connectivity index is 2.01. The van der Waals surface area contributed by atoms with Gasteiger partial charge in [0.05, 0.1) is 32.4 Å². The number of aromatic hydroxyl groups is 1. The number of methoxy groups -OCH3 is 1. The van der Waals surface area contributed by atoms with Crippen LogP contribution in [0.2, 0.25) is 0 Å². The molecule has 1 unspecified atom stereocenters. The second kappa shape index (κ2) is 7.31. The highest BCUT2D eigenvalue weighted by Gasteiger charge is 2.30. The summed E-state index contributed by atoms with van der Waals surface area (Å²) in [7, 11) is 1.55. The quantitative estimate of drug-likeness (QED) is 0.787. The Bertz CT molecular complexity index is 489. The summed E-state index contributed by atoms with van der Waals surface area (Å²) >= 11 is 0. The molecule has 5 nitrogen and oxygen atoms in total. The number of phenols is 1. The van der Waals surface area contributed by atoms with E-state index in [1.54, 1.807) is 13.2 Å². The van der Waals surface area contributed by atoms with Gasteiger partial charge in [0, 0.05) is 0 Å². The number of benzene rings is 1. The Morgan fingerprint density at radius 2 is 2.29 bits per heavy atom. The van der Waals surface area contributed by atoms with E-state index in [1.807, 2.05) is 19.1 Å². The van der Waals surface area contributed by atoms with E-state index in [4.69, 9.17) is 9.47 Å². The molecule has 0 aliphatic carbocycles. The van der Waals surface area contributed by atoms with Crippen molar-refractivity contribution >= 4 is 5.97 Å². The number of hydrogen-bond acceptors (Lipinski definition) is 4. The maximum absolute atomic E-state index is 11.9. The molecule has 1 fully saturated rings. The van der Waals surface area contributed by atoms with Crippen LogP contribution in [0.25, 0.3) is 0 Å². The molecule has 5 heteroatoms. The lowest BCUT2D eigenvalue weighted by Crippen LogP contribution is -3.12. The first-order valence-electron chi connectivity index (χ1n) is 7.50. The van der Waals surface area contributed by atoms with Crippen molar-refractivity contribution in [2.75, 3.05) is 26.8 Å². The highest BCUT2D eigenvalue weighted by molar-refractivity contribution is 5.72. The van der Waals surface area contributed by atoms with Crippen molar-refractivity contribution < 1.29 is 24.3 Å². The van der Waals surface area contributed by atoms with Gasteiger partial charge in [0.25, 0.3) is 0 Å². The minimum Gasteiger partial charge on any atom is -0.504 e. The van der Waals surface area contributed by atoms with E-state index < -0.39 is 0 Å². The van der Waals surface area contributed by atoms with E-state index in [0.29, 0.717) is 18.9 Å². The van der Waals surface area contributed by atoms with Crippen molar-refractivity contribution in [3.63, 3.8) is 0 Å². The third-order valence-electron chi connectivity index (χ3n) is 3.98. The summed E-state index contributed by atoms with van der Waals surface area (Å²) in [5.74, 6) is 0.572. The van der Waals surface area contributed by atoms with E-state index in [0.717, 1.165) is 31.5 Å². The largest absolute Gasteiger partial charge is 0.504 e. The molecule has 2 rings (SSSR count). The smallest absolute Gasteiger partial charge is 0.314 e. The first kappa shape index (κ1) is 15.6. The minimum atomic E-state index is -0.0930. The molecule has 0 amide bonds. The Morgan fingerprint density at radius 3 is 3.00 bits per heavy atom. The van der Waals surface area contributed by atoms with Gasteiger partial charge in [-0.2, -0.15) is 0 Å². The van der Waals surface area contributed by atoms with E-state index in [9.17, 15) is 9.90 Å². The van der Waals surface area contributed by atoms with Crippen LogP contribution in [0.15, 0.2) is 18.2 Å². The van der Waals surface area contributed by atoms with Gasteiger partial charge in [0.1, 0.15) is 12.5 Å². The molecule has 1 aliphatic rings. The zero-order valence-corrected chi connectivity index (χ0v) is 12.7. The molecule has 0 saturated carbocycles. The third-order valence-corrected chi connectivity index (χ3v) is 3.98. The summed E-state index contributed by atoms with van der Waals surface area (Å²) < 4.78 is 10.3. The highest BCUT2D eigenvalue weighted by Crippen LogP contribution is 2.28. The van der Waals surface area contributed by atoms with Crippen LogP contribution in [-0.2, 0) is 16.1 Å². The monoisotopic (exact) mass is 294 g/mol. The number of ether oxygens (including phenoxy) is 2. The average Bonchev–Trinajstić information content (AvgIpc) is 2.50. The fraction of sp³-hybridized carbons (Fsp3) is 0.562. The average molecular weight is 294 g/mol. The van der Waals surface area contributed by atoms with Crippen LogP contribution in [-0.4, -0.2) is 37.9 Å². The summed E-state index contributed by atoms with van der Waals surface area (Å²) in [6.07, 6.45) is 1.90. The molecule has 1 saturated heterocycles. The van der Waals surface area contributed by atoms with E-state index in [-0.39, 0.29) is 17.6 Å². The van der Waals surface area contributed by atoms with Gasteiger partial charge in [-0.3, -0.25) is 4.79 Å². The lowest BCUT2D eigenvalue weighted by atomic mass is 9.97. The number of hydrogen-bond donors (Lipinski definition) is 2. The molecule has 0 spiro atoms. The normalized spacial score (nSPS) is 21.8. The summed E-state index contributed by atoms with van der Waals surface area (Å²) in [5.41, 5.74) is 0.855. The van der Waals surface area contributed by atoms with Crippen molar-refractivity contribution in [1.29, 1.82) is 0 Å². The molecular weight excluding hydrogens is 270 g/mol. The Morgan fingerprint density at radius 1 is 1.48 bits per heavy atom. The van der Waals surface area contributed by atoms with Crippen LogP contribution >= 0.6 is 0 Å². The number of carbonyl (C=O) groups is 1. The number of phenolic OH excluding ortho intramolecular Hbond substituents is 1. The molecule has 2 atom stereocenters. The van der Waals surface area contributed by atoms with E-state index in [2.05, 4.69) is 0 Å². The van der Waals surface area contributed by atoms with Gasteiger partial charge in [0.15, 0.2) is 11.5 Å². The molecule has 1 aliphatic heterocycles. The number of nitrogens with one attached hydrogen (secondary N) is 1. The molecule has 2 N–H and O–H groups in total. The third kappa shape index (κ3) is 3.88. The summed E-state index contributed by atoms with van der Waals surface area (Å²) in [6, 6.07) is 5.52. The van der Waals surface area contributed by atoms with Crippen LogP contribution in [0.1, 0.15) is 25.3 Å². The highest BCUT2D eigenvalue weighted by atomic mass is 16.5. The Labute approximate surface area is 125 Å². The number of rotatable bonds is 5. The minimum absolute atomic E-state index is 0.0264. The van der Waals surface area contributed by atoms with Gasteiger partial charge < -0.3 is 19.5 Å². The zero-order chi connectivity index (χ0) is 15.2. The van der Waals surface area contributed by atoms with E-state index >= 15 is 0 Å². The maximum Gasteiger partial charge on any atom is 0.314 e. The van der Waals surface area contributed by atoms with Crippen LogP contribution in [0.4, 0.5) is 0 Å². The lowest BCUT2D eigenvalue weighted by Gasteiger charge is -2.28. The summed E-state index contributed by atoms with van der Waals surface area (Å²) in [6.45, 7) is 4.72. The van der Waals surface area contributed by atoms with Gasteiger partial charge in [-0.1, -0.05) is 6.07 Å².